The minimum Gasteiger partial charge on any atom is -0.316 e. The zero-order chi connectivity index (χ0) is 9.97. The molecule has 0 saturated carbocycles. The Balaban J connectivity index is 2.32. The zero-order valence-electron chi connectivity index (χ0n) is 8.52. The van der Waals surface area contributed by atoms with Gasteiger partial charge in [-0.1, -0.05) is 18.2 Å². The second-order valence-electron chi connectivity index (χ2n) is 3.89. The molecule has 1 nitrogen and oxygen atoms in total. The van der Waals surface area contributed by atoms with Crippen molar-refractivity contribution in [1.82, 2.24) is 5.32 Å². The summed E-state index contributed by atoms with van der Waals surface area (Å²) in [6, 6.07) is 6.01. The van der Waals surface area contributed by atoms with Gasteiger partial charge in [0.25, 0.3) is 0 Å². The normalized spacial score (nSPS) is 18.4. The van der Waals surface area contributed by atoms with Crippen LogP contribution in [-0.2, 0) is 12.8 Å². The van der Waals surface area contributed by atoms with Crippen molar-refractivity contribution in [1.29, 1.82) is 0 Å². The molecule has 76 valence electrons. The van der Waals surface area contributed by atoms with Crippen LogP contribution in [0.3, 0.4) is 0 Å². The van der Waals surface area contributed by atoms with Gasteiger partial charge in [-0.3, -0.25) is 0 Å². The molecule has 0 aromatic heterocycles. The van der Waals surface area contributed by atoms with Crippen LogP contribution in [0.25, 0.3) is 0 Å². The number of benzene rings is 1. The smallest absolute Gasteiger partial charge is 0.122 e. The first kappa shape index (κ1) is 9.66. The lowest BCUT2D eigenvalue weighted by Crippen LogP contribution is -2.16. The Hall–Kier alpha value is -0.890. The maximum Gasteiger partial charge on any atom is 0.122 e. The summed E-state index contributed by atoms with van der Waals surface area (Å²) in [7, 11) is 0. The molecule has 1 aromatic carbocycles. The van der Waals surface area contributed by atoms with Crippen LogP contribution in [0.5, 0.6) is 0 Å². The lowest BCUT2D eigenvalue weighted by atomic mass is 9.99. The van der Waals surface area contributed by atoms with Gasteiger partial charge in [-0.05, 0) is 49.5 Å². The third-order valence-corrected chi connectivity index (χ3v) is 2.83. The number of hydrogen-bond acceptors (Lipinski definition) is 1. The summed E-state index contributed by atoms with van der Waals surface area (Å²) < 4.78 is 13.1. The summed E-state index contributed by atoms with van der Waals surface area (Å²) in [5.74, 6) is 0. The Labute approximate surface area is 84.3 Å². The molecule has 2 rings (SSSR count). The molecule has 0 fully saturated rings. The molecular weight excluding hydrogens is 177 g/mol. The number of nitrogens with one attached hydrogen (secondary N) is 1. The van der Waals surface area contributed by atoms with Gasteiger partial charge in [0.05, 0.1) is 0 Å². The molecule has 1 unspecified atom stereocenters. The number of hydrogen-bond donors (Lipinski definition) is 1. The van der Waals surface area contributed by atoms with Gasteiger partial charge in [0.2, 0.25) is 0 Å². The van der Waals surface area contributed by atoms with Crippen molar-refractivity contribution in [2.45, 2.75) is 25.9 Å². The zero-order valence-corrected chi connectivity index (χ0v) is 8.52. The summed E-state index contributed by atoms with van der Waals surface area (Å²) in [5, 5.41) is 3.35. The van der Waals surface area contributed by atoms with Gasteiger partial charge < -0.3 is 5.32 Å². The van der Waals surface area contributed by atoms with Gasteiger partial charge in [-0.25, -0.2) is 4.39 Å². The first-order valence-electron chi connectivity index (χ1n) is 5.24. The Morgan fingerprint density at radius 1 is 1.21 bits per heavy atom. The highest BCUT2D eigenvalue weighted by atomic mass is 19.1. The van der Waals surface area contributed by atoms with Crippen molar-refractivity contribution in [3.63, 3.8) is 0 Å². The van der Waals surface area contributed by atoms with E-state index >= 15 is 0 Å². The predicted molar refractivity (Wildman–Crippen MR) is 56.2 cm³/mol. The lowest BCUT2D eigenvalue weighted by Gasteiger charge is -2.08. The quantitative estimate of drug-likeness (QED) is 0.722. The molecule has 1 atom stereocenters. The van der Waals surface area contributed by atoms with Crippen LogP contribution in [0.15, 0.2) is 18.2 Å². The molecule has 1 aromatic rings. The van der Waals surface area contributed by atoms with Gasteiger partial charge in [-0.2, -0.15) is 0 Å². The molecule has 1 aliphatic rings. The molecule has 1 heterocycles. The van der Waals surface area contributed by atoms with Crippen molar-refractivity contribution in [2.75, 3.05) is 13.1 Å². The Morgan fingerprint density at radius 3 is 2.64 bits per heavy atom. The van der Waals surface area contributed by atoms with E-state index in [9.17, 15) is 4.39 Å². The Bertz CT molecular complexity index is 320. The fourth-order valence-electron chi connectivity index (χ4n) is 1.94. The minimum absolute atomic E-state index is 0.811. The van der Waals surface area contributed by atoms with Crippen LogP contribution in [0.1, 0.15) is 29.8 Å². The van der Waals surface area contributed by atoms with E-state index in [1.54, 1.807) is 6.92 Å². The maximum atomic E-state index is 13.1. The second kappa shape index (κ2) is 4.09. The predicted octanol–water partition coefficient (Wildman–Crippen LogP) is 2.41. The van der Waals surface area contributed by atoms with Crippen molar-refractivity contribution < 1.29 is 4.39 Å². The molecule has 0 saturated heterocycles. The lowest BCUT2D eigenvalue weighted by molar-refractivity contribution is 0.374. The number of fused-ring (bicyclic) bond motifs is 1. The van der Waals surface area contributed by atoms with Gasteiger partial charge in [0, 0.05) is 0 Å². The SMILES string of the molecule is CC(F)c1ccc2c(c1)CCNCC2. The molecule has 0 amide bonds. The van der Waals surface area contributed by atoms with E-state index < -0.39 is 6.17 Å². The van der Waals surface area contributed by atoms with Crippen molar-refractivity contribution in [3.05, 3.63) is 34.9 Å². The first-order valence-corrected chi connectivity index (χ1v) is 5.24. The summed E-state index contributed by atoms with van der Waals surface area (Å²) >= 11 is 0. The van der Waals surface area contributed by atoms with Crippen LogP contribution in [0.2, 0.25) is 0 Å². The van der Waals surface area contributed by atoms with E-state index in [0.29, 0.717) is 0 Å². The third kappa shape index (κ3) is 1.95. The first-order chi connectivity index (χ1) is 6.77. The van der Waals surface area contributed by atoms with E-state index in [1.165, 1.54) is 11.1 Å². The van der Waals surface area contributed by atoms with E-state index in [2.05, 4.69) is 11.4 Å². The average molecular weight is 193 g/mol. The molecule has 2 heteroatoms. The minimum atomic E-state index is -0.850. The number of rotatable bonds is 1. The highest BCUT2D eigenvalue weighted by Crippen LogP contribution is 2.21. The monoisotopic (exact) mass is 193 g/mol. The summed E-state index contributed by atoms with van der Waals surface area (Å²) in [6.45, 7) is 3.64. The van der Waals surface area contributed by atoms with E-state index in [4.69, 9.17) is 0 Å². The molecule has 1 aliphatic heterocycles. The molecule has 0 spiro atoms. The largest absolute Gasteiger partial charge is 0.316 e. The van der Waals surface area contributed by atoms with Crippen molar-refractivity contribution in [3.8, 4) is 0 Å². The van der Waals surface area contributed by atoms with Crippen LogP contribution >= 0.6 is 0 Å². The van der Waals surface area contributed by atoms with Crippen LogP contribution in [0.4, 0.5) is 4.39 Å². The fraction of sp³-hybridized carbons (Fsp3) is 0.500. The molecule has 0 aliphatic carbocycles. The highest BCUT2D eigenvalue weighted by molar-refractivity contribution is 5.34. The van der Waals surface area contributed by atoms with Gasteiger partial charge in [-0.15, -0.1) is 0 Å². The number of alkyl halides is 1. The standard InChI is InChI=1S/C12H16FN/c1-9(13)11-3-2-10-4-6-14-7-5-12(10)8-11/h2-3,8-9,14H,4-7H2,1H3. The summed E-state index contributed by atoms with van der Waals surface area (Å²) in [5.41, 5.74) is 3.50. The number of halogens is 1. The van der Waals surface area contributed by atoms with Gasteiger partial charge >= 0.3 is 0 Å². The molecule has 14 heavy (non-hydrogen) atoms. The molecule has 0 radical (unpaired) electrons. The Kier molecular flexibility index (Phi) is 2.82. The van der Waals surface area contributed by atoms with Crippen LogP contribution in [0, 0.1) is 0 Å². The van der Waals surface area contributed by atoms with E-state index in [0.717, 1.165) is 31.5 Å². The van der Waals surface area contributed by atoms with Crippen LogP contribution < -0.4 is 5.32 Å². The highest BCUT2D eigenvalue weighted by Gasteiger charge is 2.10. The van der Waals surface area contributed by atoms with Gasteiger partial charge in [0.15, 0.2) is 0 Å². The second-order valence-corrected chi connectivity index (χ2v) is 3.89. The summed E-state index contributed by atoms with van der Waals surface area (Å²) in [4.78, 5) is 0. The third-order valence-electron chi connectivity index (χ3n) is 2.83. The van der Waals surface area contributed by atoms with Gasteiger partial charge in [0.1, 0.15) is 6.17 Å². The fourth-order valence-corrected chi connectivity index (χ4v) is 1.94. The molecular formula is C12H16FN. The van der Waals surface area contributed by atoms with E-state index in [-0.39, 0.29) is 0 Å². The molecule has 0 bridgehead atoms. The summed E-state index contributed by atoms with van der Waals surface area (Å²) in [6.07, 6.45) is 1.24. The maximum absolute atomic E-state index is 13.1. The molecule has 1 N–H and O–H groups in total. The average Bonchev–Trinajstić information content (AvgIpc) is 2.41. The van der Waals surface area contributed by atoms with Crippen molar-refractivity contribution in [2.24, 2.45) is 0 Å². The topological polar surface area (TPSA) is 12.0 Å². The van der Waals surface area contributed by atoms with E-state index in [1.807, 2.05) is 12.1 Å². The van der Waals surface area contributed by atoms with Crippen LogP contribution in [-0.4, -0.2) is 13.1 Å². The Morgan fingerprint density at radius 2 is 1.93 bits per heavy atom. The van der Waals surface area contributed by atoms with Crippen molar-refractivity contribution >= 4 is 0 Å².